The van der Waals surface area contributed by atoms with Gasteiger partial charge in [-0.25, -0.2) is 13.2 Å². The SMILES string of the molecule is O=C(O)c1cccc(S(=O)(=O)Nc2ccc(SCc3ccc(C(F)(F)F)cc3)cc2)c1. The number of nitrogens with one attached hydrogen (secondary N) is 1. The Hall–Kier alpha value is -2.98. The van der Waals surface area contributed by atoms with E-state index < -0.39 is 27.7 Å². The quantitative estimate of drug-likeness (QED) is 0.449. The van der Waals surface area contributed by atoms with Gasteiger partial charge in [0.05, 0.1) is 16.0 Å². The van der Waals surface area contributed by atoms with Gasteiger partial charge in [0.15, 0.2) is 0 Å². The van der Waals surface area contributed by atoms with Crippen LogP contribution < -0.4 is 4.72 Å². The summed E-state index contributed by atoms with van der Waals surface area (Å²) in [7, 11) is -3.97. The van der Waals surface area contributed by atoms with Gasteiger partial charge in [-0.15, -0.1) is 11.8 Å². The van der Waals surface area contributed by atoms with Crippen LogP contribution in [0.3, 0.4) is 0 Å². The third-order valence-electron chi connectivity index (χ3n) is 4.18. The second kappa shape index (κ2) is 9.03. The van der Waals surface area contributed by atoms with Crippen molar-refractivity contribution < 1.29 is 31.5 Å². The number of thioether (sulfide) groups is 1. The van der Waals surface area contributed by atoms with E-state index in [1.54, 1.807) is 24.3 Å². The van der Waals surface area contributed by atoms with Gasteiger partial charge in [-0.1, -0.05) is 18.2 Å². The van der Waals surface area contributed by atoms with Crippen LogP contribution in [0.2, 0.25) is 0 Å². The summed E-state index contributed by atoms with van der Waals surface area (Å²) in [6.45, 7) is 0. The number of carboxylic acids is 1. The summed E-state index contributed by atoms with van der Waals surface area (Å²) in [5.74, 6) is -0.781. The van der Waals surface area contributed by atoms with Gasteiger partial charge in [0.2, 0.25) is 0 Å². The third-order valence-corrected chi connectivity index (χ3v) is 6.65. The Bertz CT molecular complexity index is 1180. The maximum absolute atomic E-state index is 12.6. The molecule has 0 saturated heterocycles. The zero-order chi connectivity index (χ0) is 22.6. The van der Waals surface area contributed by atoms with E-state index in [0.717, 1.165) is 28.7 Å². The Kier molecular flexibility index (Phi) is 6.61. The van der Waals surface area contributed by atoms with E-state index in [4.69, 9.17) is 5.11 Å². The zero-order valence-corrected chi connectivity index (χ0v) is 17.4. The van der Waals surface area contributed by atoms with Crippen molar-refractivity contribution in [1.29, 1.82) is 0 Å². The van der Waals surface area contributed by atoms with Gasteiger partial charge >= 0.3 is 12.1 Å². The van der Waals surface area contributed by atoms with E-state index in [2.05, 4.69) is 4.72 Å². The van der Waals surface area contributed by atoms with E-state index in [-0.39, 0.29) is 10.5 Å². The Morgan fingerprint density at radius 3 is 2.19 bits per heavy atom. The topological polar surface area (TPSA) is 83.5 Å². The summed E-state index contributed by atoms with van der Waals surface area (Å²) in [6, 6.07) is 16.4. The van der Waals surface area contributed by atoms with Gasteiger partial charge in [0.25, 0.3) is 10.0 Å². The number of sulfonamides is 1. The standard InChI is InChI=1S/C21H16F3NO4S2/c22-21(23,24)16-6-4-14(5-7-16)13-30-18-10-8-17(9-11-18)25-31(28,29)19-3-1-2-15(12-19)20(26)27/h1-12,25H,13H2,(H,26,27). The van der Waals surface area contributed by atoms with E-state index in [1.165, 1.54) is 42.1 Å². The highest BCUT2D eigenvalue weighted by atomic mass is 32.2. The van der Waals surface area contributed by atoms with Crippen molar-refractivity contribution in [3.8, 4) is 0 Å². The van der Waals surface area contributed by atoms with Gasteiger partial charge in [-0.05, 0) is 60.2 Å². The first-order valence-electron chi connectivity index (χ1n) is 8.80. The highest BCUT2D eigenvalue weighted by Crippen LogP contribution is 2.30. The number of benzene rings is 3. The lowest BCUT2D eigenvalue weighted by atomic mass is 10.1. The molecule has 0 radical (unpaired) electrons. The summed E-state index contributed by atoms with van der Waals surface area (Å²) >= 11 is 1.39. The van der Waals surface area contributed by atoms with Crippen molar-refractivity contribution in [2.45, 2.75) is 21.7 Å². The van der Waals surface area contributed by atoms with Crippen molar-refractivity contribution >= 4 is 33.4 Å². The molecular formula is C21H16F3NO4S2. The third kappa shape index (κ3) is 6.02. The average Bonchev–Trinajstić information content (AvgIpc) is 2.73. The number of halogens is 3. The molecule has 0 saturated carbocycles. The van der Waals surface area contributed by atoms with Crippen LogP contribution in [0.1, 0.15) is 21.5 Å². The summed E-state index contributed by atoms with van der Waals surface area (Å²) in [6.07, 6.45) is -4.37. The van der Waals surface area contributed by atoms with Crippen LogP contribution in [0.15, 0.2) is 82.6 Å². The lowest BCUT2D eigenvalue weighted by Crippen LogP contribution is -2.13. The smallest absolute Gasteiger partial charge is 0.416 e. The number of anilines is 1. The van der Waals surface area contributed by atoms with Crippen LogP contribution in [-0.4, -0.2) is 19.5 Å². The van der Waals surface area contributed by atoms with Crippen molar-refractivity contribution in [2.24, 2.45) is 0 Å². The first kappa shape index (κ1) is 22.7. The second-order valence-electron chi connectivity index (χ2n) is 6.45. The summed E-state index contributed by atoms with van der Waals surface area (Å²) in [5, 5.41) is 9.01. The number of rotatable bonds is 7. The molecule has 3 rings (SSSR count). The fourth-order valence-electron chi connectivity index (χ4n) is 2.59. The number of hydrogen-bond donors (Lipinski definition) is 2. The van der Waals surface area contributed by atoms with Crippen molar-refractivity contribution in [3.05, 3.63) is 89.5 Å². The number of aromatic carboxylic acids is 1. The molecule has 0 aliphatic heterocycles. The molecule has 162 valence electrons. The number of alkyl halides is 3. The Morgan fingerprint density at radius 1 is 0.968 bits per heavy atom. The maximum atomic E-state index is 12.6. The second-order valence-corrected chi connectivity index (χ2v) is 9.18. The minimum Gasteiger partial charge on any atom is -0.478 e. The highest BCUT2D eigenvalue weighted by molar-refractivity contribution is 7.98. The Labute approximate surface area is 181 Å². The minimum atomic E-state index is -4.37. The molecule has 0 spiro atoms. The molecule has 31 heavy (non-hydrogen) atoms. The van der Waals surface area contributed by atoms with Crippen LogP contribution >= 0.6 is 11.8 Å². The molecule has 10 heteroatoms. The fourth-order valence-corrected chi connectivity index (χ4v) is 4.54. The molecule has 0 amide bonds. The molecule has 0 fully saturated rings. The molecule has 0 aliphatic rings. The van der Waals surface area contributed by atoms with Crippen molar-refractivity contribution in [1.82, 2.24) is 0 Å². The van der Waals surface area contributed by atoms with E-state index in [9.17, 15) is 26.4 Å². The van der Waals surface area contributed by atoms with Crippen LogP contribution in [0.4, 0.5) is 18.9 Å². The molecule has 2 N–H and O–H groups in total. The lowest BCUT2D eigenvalue weighted by molar-refractivity contribution is -0.137. The molecule has 5 nitrogen and oxygen atoms in total. The summed E-state index contributed by atoms with van der Waals surface area (Å²) < 4.78 is 65.2. The predicted molar refractivity (Wildman–Crippen MR) is 112 cm³/mol. The monoisotopic (exact) mass is 467 g/mol. The predicted octanol–water partition coefficient (Wildman–Crippen LogP) is 5.50. The minimum absolute atomic E-state index is 0.141. The molecule has 0 heterocycles. The fraction of sp³-hybridized carbons (Fsp3) is 0.0952. The molecule has 3 aromatic carbocycles. The Morgan fingerprint density at radius 2 is 1.61 bits per heavy atom. The number of hydrogen-bond acceptors (Lipinski definition) is 4. The number of carbonyl (C=O) groups is 1. The molecular weight excluding hydrogens is 451 g/mol. The highest BCUT2D eigenvalue weighted by Gasteiger charge is 2.29. The summed E-state index contributed by atoms with van der Waals surface area (Å²) in [5.41, 5.74) is 0.172. The van der Waals surface area contributed by atoms with Crippen molar-refractivity contribution in [2.75, 3.05) is 4.72 Å². The molecule has 3 aromatic rings. The van der Waals surface area contributed by atoms with E-state index in [0.29, 0.717) is 11.4 Å². The van der Waals surface area contributed by atoms with Crippen LogP contribution in [-0.2, 0) is 22.0 Å². The van der Waals surface area contributed by atoms with Crippen LogP contribution in [0.5, 0.6) is 0 Å². The largest absolute Gasteiger partial charge is 0.478 e. The van der Waals surface area contributed by atoms with Gasteiger partial charge in [-0.2, -0.15) is 13.2 Å². The number of carboxylic acid groups (broad SMARTS) is 1. The van der Waals surface area contributed by atoms with Gasteiger partial charge in [0.1, 0.15) is 0 Å². The Balaban J connectivity index is 1.63. The first-order chi connectivity index (χ1) is 14.5. The van der Waals surface area contributed by atoms with Crippen LogP contribution in [0, 0.1) is 0 Å². The summed E-state index contributed by atoms with van der Waals surface area (Å²) in [4.78, 5) is 11.7. The lowest BCUT2D eigenvalue weighted by Gasteiger charge is -2.10. The molecule has 0 aliphatic carbocycles. The normalized spacial score (nSPS) is 11.8. The molecule has 0 bridgehead atoms. The van der Waals surface area contributed by atoms with Gasteiger partial charge in [0, 0.05) is 16.3 Å². The first-order valence-corrected chi connectivity index (χ1v) is 11.3. The zero-order valence-electron chi connectivity index (χ0n) is 15.8. The molecule has 0 unspecified atom stereocenters. The van der Waals surface area contributed by atoms with E-state index >= 15 is 0 Å². The maximum Gasteiger partial charge on any atom is 0.416 e. The molecule has 0 aromatic heterocycles. The average molecular weight is 467 g/mol. The van der Waals surface area contributed by atoms with Crippen LogP contribution in [0.25, 0.3) is 0 Å². The molecule has 0 atom stereocenters. The van der Waals surface area contributed by atoms with Crippen molar-refractivity contribution in [3.63, 3.8) is 0 Å². The van der Waals surface area contributed by atoms with E-state index in [1.807, 2.05) is 0 Å². The van der Waals surface area contributed by atoms with Gasteiger partial charge in [-0.3, -0.25) is 4.72 Å². The van der Waals surface area contributed by atoms with Gasteiger partial charge < -0.3 is 5.11 Å².